The van der Waals surface area contributed by atoms with E-state index in [0.717, 1.165) is 28.3 Å². The molecule has 3 rings (SSSR count). The van der Waals surface area contributed by atoms with Crippen LogP contribution >= 0.6 is 0 Å². The Labute approximate surface area is 154 Å². The molecule has 0 atom stereocenters. The van der Waals surface area contributed by atoms with E-state index in [0.29, 0.717) is 13.2 Å². The first kappa shape index (κ1) is 18.2. The SMILES string of the molecule is CCOc1ccc(-c2c(-c3ccccc3)ncn2CCS(C)(=O)=O)cc1. The molecule has 3 aromatic rings. The van der Waals surface area contributed by atoms with E-state index < -0.39 is 9.84 Å². The lowest BCUT2D eigenvalue weighted by molar-refractivity contribution is 0.340. The van der Waals surface area contributed by atoms with Gasteiger partial charge in [-0.25, -0.2) is 13.4 Å². The van der Waals surface area contributed by atoms with Crippen molar-refractivity contribution in [3.05, 3.63) is 60.9 Å². The summed E-state index contributed by atoms with van der Waals surface area (Å²) in [5.74, 6) is 0.876. The summed E-state index contributed by atoms with van der Waals surface area (Å²) in [5, 5.41) is 0. The van der Waals surface area contributed by atoms with E-state index in [1.54, 1.807) is 6.33 Å². The number of sulfone groups is 1. The van der Waals surface area contributed by atoms with Crippen molar-refractivity contribution in [2.24, 2.45) is 0 Å². The molecular formula is C20H22N2O3S. The second kappa shape index (κ2) is 7.74. The summed E-state index contributed by atoms with van der Waals surface area (Å²) in [5.41, 5.74) is 3.71. The van der Waals surface area contributed by atoms with E-state index >= 15 is 0 Å². The molecule has 0 saturated heterocycles. The van der Waals surface area contributed by atoms with Crippen molar-refractivity contribution in [1.82, 2.24) is 9.55 Å². The number of ether oxygens (including phenoxy) is 1. The maximum atomic E-state index is 11.6. The standard InChI is InChI=1S/C20H22N2O3S/c1-3-25-18-11-9-17(10-12-18)20-19(16-7-5-4-6-8-16)21-15-22(20)13-14-26(2,23)24/h4-12,15H,3,13-14H2,1-2H3. The fourth-order valence-electron chi connectivity index (χ4n) is 2.80. The third-order valence-corrected chi connectivity index (χ3v) is 4.95. The van der Waals surface area contributed by atoms with E-state index in [2.05, 4.69) is 4.98 Å². The first-order chi connectivity index (χ1) is 12.5. The van der Waals surface area contributed by atoms with Crippen molar-refractivity contribution in [2.45, 2.75) is 13.5 Å². The van der Waals surface area contributed by atoms with Gasteiger partial charge in [-0.2, -0.15) is 0 Å². The Kier molecular flexibility index (Phi) is 5.42. The molecule has 0 aliphatic carbocycles. The maximum Gasteiger partial charge on any atom is 0.149 e. The van der Waals surface area contributed by atoms with Crippen molar-refractivity contribution in [2.75, 3.05) is 18.6 Å². The molecule has 1 aromatic heterocycles. The Balaban J connectivity index is 2.05. The average molecular weight is 370 g/mol. The monoisotopic (exact) mass is 370 g/mol. The largest absolute Gasteiger partial charge is 0.494 e. The number of hydrogen-bond acceptors (Lipinski definition) is 4. The molecule has 26 heavy (non-hydrogen) atoms. The third kappa shape index (κ3) is 4.32. The zero-order valence-corrected chi connectivity index (χ0v) is 15.7. The Morgan fingerprint density at radius 1 is 1.00 bits per heavy atom. The van der Waals surface area contributed by atoms with Gasteiger partial charge in [-0.1, -0.05) is 30.3 Å². The van der Waals surface area contributed by atoms with Crippen LogP contribution in [0.15, 0.2) is 60.9 Å². The first-order valence-corrected chi connectivity index (χ1v) is 10.6. The summed E-state index contributed by atoms with van der Waals surface area (Å²) in [6, 6.07) is 17.7. The van der Waals surface area contributed by atoms with Gasteiger partial charge in [0.05, 0.1) is 30.1 Å². The van der Waals surface area contributed by atoms with Gasteiger partial charge in [0.15, 0.2) is 0 Å². The van der Waals surface area contributed by atoms with Crippen LogP contribution in [0.5, 0.6) is 5.75 Å². The van der Waals surface area contributed by atoms with E-state index in [1.165, 1.54) is 6.26 Å². The van der Waals surface area contributed by atoms with Gasteiger partial charge in [-0.3, -0.25) is 0 Å². The van der Waals surface area contributed by atoms with E-state index in [1.807, 2.05) is 66.1 Å². The summed E-state index contributed by atoms with van der Waals surface area (Å²) in [6.45, 7) is 2.92. The maximum absolute atomic E-state index is 11.6. The highest BCUT2D eigenvalue weighted by molar-refractivity contribution is 7.90. The van der Waals surface area contributed by atoms with Gasteiger partial charge < -0.3 is 9.30 Å². The molecule has 0 aliphatic rings. The van der Waals surface area contributed by atoms with Crippen LogP contribution in [-0.4, -0.2) is 36.6 Å². The van der Waals surface area contributed by atoms with E-state index in [9.17, 15) is 8.42 Å². The number of aryl methyl sites for hydroxylation is 1. The molecule has 0 fully saturated rings. The molecule has 0 N–H and O–H groups in total. The molecule has 136 valence electrons. The molecule has 0 aliphatic heterocycles. The summed E-state index contributed by atoms with van der Waals surface area (Å²) in [4.78, 5) is 4.56. The summed E-state index contributed by atoms with van der Waals surface area (Å²) in [7, 11) is -3.06. The smallest absolute Gasteiger partial charge is 0.149 e. The number of rotatable bonds is 7. The van der Waals surface area contributed by atoms with Crippen LogP contribution in [0.3, 0.4) is 0 Å². The second-order valence-electron chi connectivity index (χ2n) is 6.09. The highest BCUT2D eigenvalue weighted by Crippen LogP contribution is 2.32. The van der Waals surface area contributed by atoms with Gasteiger partial charge in [0.25, 0.3) is 0 Å². The van der Waals surface area contributed by atoms with Crippen LogP contribution in [0, 0.1) is 0 Å². The van der Waals surface area contributed by atoms with Crippen molar-refractivity contribution in [3.63, 3.8) is 0 Å². The van der Waals surface area contributed by atoms with Crippen LogP contribution < -0.4 is 4.74 Å². The topological polar surface area (TPSA) is 61.2 Å². The van der Waals surface area contributed by atoms with Gasteiger partial charge in [0.1, 0.15) is 15.6 Å². The van der Waals surface area contributed by atoms with Crippen molar-refractivity contribution >= 4 is 9.84 Å². The Morgan fingerprint density at radius 3 is 2.31 bits per heavy atom. The summed E-state index contributed by atoms with van der Waals surface area (Å²) in [6.07, 6.45) is 2.96. The minimum atomic E-state index is -3.06. The highest BCUT2D eigenvalue weighted by Gasteiger charge is 2.16. The number of aromatic nitrogens is 2. The zero-order valence-electron chi connectivity index (χ0n) is 14.9. The van der Waals surface area contributed by atoms with Crippen LogP contribution in [0.2, 0.25) is 0 Å². The molecule has 2 aromatic carbocycles. The molecule has 0 amide bonds. The van der Waals surface area contributed by atoms with E-state index in [4.69, 9.17) is 4.74 Å². The molecule has 0 radical (unpaired) electrons. The van der Waals surface area contributed by atoms with Crippen LogP contribution in [0.25, 0.3) is 22.5 Å². The molecule has 0 unspecified atom stereocenters. The van der Waals surface area contributed by atoms with Gasteiger partial charge in [-0.05, 0) is 31.2 Å². The Hall–Kier alpha value is -2.60. The molecule has 5 nitrogen and oxygen atoms in total. The lowest BCUT2D eigenvalue weighted by Crippen LogP contribution is -2.11. The zero-order chi connectivity index (χ0) is 18.6. The van der Waals surface area contributed by atoms with Gasteiger partial charge >= 0.3 is 0 Å². The molecule has 0 spiro atoms. The predicted molar refractivity (Wildman–Crippen MR) is 104 cm³/mol. The Bertz CT molecular complexity index is 962. The molecule has 6 heteroatoms. The number of imidazole rings is 1. The normalized spacial score (nSPS) is 11.5. The summed E-state index contributed by atoms with van der Waals surface area (Å²) < 4.78 is 30.6. The van der Waals surface area contributed by atoms with Crippen LogP contribution in [-0.2, 0) is 16.4 Å². The van der Waals surface area contributed by atoms with Crippen LogP contribution in [0.4, 0.5) is 0 Å². The fraction of sp³-hybridized carbons (Fsp3) is 0.250. The van der Waals surface area contributed by atoms with E-state index in [-0.39, 0.29) is 5.75 Å². The Morgan fingerprint density at radius 2 is 1.69 bits per heavy atom. The van der Waals surface area contributed by atoms with Gasteiger partial charge in [0, 0.05) is 23.9 Å². The highest BCUT2D eigenvalue weighted by atomic mass is 32.2. The van der Waals surface area contributed by atoms with Crippen molar-refractivity contribution in [3.8, 4) is 28.3 Å². The molecule has 0 saturated carbocycles. The number of nitrogens with zero attached hydrogens (tertiary/aromatic N) is 2. The first-order valence-electron chi connectivity index (χ1n) is 8.49. The quantitative estimate of drug-likeness (QED) is 0.637. The fourth-order valence-corrected chi connectivity index (χ4v) is 3.33. The van der Waals surface area contributed by atoms with Crippen molar-refractivity contribution < 1.29 is 13.2 Å². The average Bonchev–Trinajstić information content (AvgIpc) is 3.05. The minimum absolute atomic E-state index is 0.0711. The van der Waals surface area contributed by atoms with Crippen molar-refractivity contribution in [1.29, 1.82) is 0 Å². The lowest BCUT2D eigenvalue weighted by atomic mass is 10.0. The second-order valence-corrected chi connectivity index (χ2v) is 8.35. The van der Waals surface area contributed by atoms with Gasteiger partial charge in [-0.15, -0.1) is 0 Å². The van der Waals surface area contributed by atoms with Crippen LogP contribution in [0.1, 0.15) is 6.92 Å². The predicted octanol–water partition coefficient (Wildman–Crippen LogP) is 3.66. The number of benzene rings is 2. The minimum Gasteiger partial charge on any atom is -0.494 e. The molecule has 1 heterocycles. The van der Waals surface area contributed by atoms with Gasteiger partial charge in [0.2, 0.25) is 0 Å². The lowest BCUT2D eigenvalue weighted by Gasteiger charge is -2.11. The third-order valence-electron chi connectivity index (χ3n) is 4.03. The number of hydrogen-bond donors (Lipinski definition) is 0. The summed E-state index contributed by atoms with van der Waals surface area (Å²) >= 11 is 0. The molecule has 0 bridgehead atoms. The molecular weight excluding hydrogens is 348 g/mol.